The highest BCUT2D eigenvalue weighted by Crippen LogP contribution is 2.29. The second-order valence-electron chi connectivity index (χ2n) is 10.1. The van der Waals surface area contributed by atoms with Crippen molar-refractivity contribution in [2.75, 3.05) is 52.4 Å². The molecule has 1 heterocycles. The van der Waals surface area contributed by atoms with E-state index in [0.717, 1.165) is 83.0 Å². The number of aliphatic imine (C=N–C) groups is 1. The van der Waals surface area contributed by atoms with E-state index in [1.165, 1.54) is 44.4 Å². The molecular formula is C30H44F3N5O. The molecule has 216 valence electrons. The fourth-order valence-electron chi connectivity index (χ4n) is 4.62. The molecule has 0 unspecified atom stereocenters. The standard InChI is InChI=1S/C30H44F3N5O/c31-30(32,33)27-15-13-26(14-16-27)25-36-29(34)35-17-7-9-19-38-22-20-37(21-23-38)18-8-2-1-3-10-24-39-28-11-5-4-6-12-28/h4-6,11-16H,1-3,7-10,17-25H2,(H3,34,35,36). The van der Waals surface area contributed by atoms with Gasteiger partial charge in [-0.2, -0.15) is 13.2 Å². The number of hydrogen-bond acceptors (Lipinski definition) is 4. The zero-order valence-electron chi connectivity index (χ0n) is 23.0. The average Bonchev–Trinajstić information content (AvgIpc) is 2.94. The van der Waals surface area contributed by atoms with Crippen LogP contribution in [0.2, 0.25) is 0 Å². The Balaban J connectivity index is 1.13. The van der Waals surface area contributed by atoms with E-state index in [9.17, 15) is 13.2 Å². The van der Waals surface area contributed by atoms with Crippen LogP contribution in [0.5, 0.6) is 5.75 Å². The van der Waals surface area contributed by atoms with E-state index >= 15 is 0 Å². The summed E-state index contributed by atoms with van der Waals surface area (Å²) in [6.07, 6.45) is 3.94. The molecule has 3 N–H and O–H groups in total. The number of piperazine rings is 1. The first-order valence-electron chi connectivity index (χ1n) is 14.2. The molecule has 6 nitrogen and oxygen atoms in total. The summed E-state index contributed by atoms with van der Waals surface area (Å²) in [7, 11) is 0. The first kappa shape index (κ1) is 30.8. The van der Waals surface area contributed by atoms with Crippen molar-refractivity contribution in [2.45, 2.75) is 57.7 Å². The smallest absolute Gasteiger partial charge is 0.416 e. The Morgan fingerprint density at radius 3 is 2.03 bits per heavy atom. The molecule has 9 heteroatoms. The van der Waals surface area contributed by atoms with Gasteiger partial charge in [-0.25, -0.2) is 4.99 Å². The van der Waals surface area contributed by atoms with Gasteiger partial charge in [0.05, 0.1) is 18.7 Å². The van der Waals surface area contributed by atoms with E-state index in [4.69, 9.17) is 10.5 Å². The van der Waals surface area contributed by atoms with Gasteiger partial charge in [-0.3, -0.25) is 0 Å². The number of unbranched alkanes of at least 4 members (excludes halogenated alkanes) is 5. The van der Waals surface area contributed by atoms with Crippen LogP contribution in [-0.2, 0) is 12.7 Å². The van der Waals surface area contributed by atoms with Crippen LogP contribution >= 0.6 is 0 Å². The minimum atomic E-state index is -4.32. The Hall–Kier alpha value is -2.78. The number of benzene rings is 2. The Labute approximate surface area is 231 Å². The van der Waals surface area contributed by atoms with E-state index in [2.05, 4.69) is 20.1 Å². The minimum Gasteiger partial charge on any atom is -0.494 e. The molecule has 39 heavy (non-hydrogen) atoms. The van der Waals surface area contributed by atoms with Gasteiger partial charge < -0.3 is 25.6 Å². The van der Waals surface area contributed by atoms with Gasteiger partial charge in [0.15, 0.2) is 5.96 Å². The second-order valence-corrected chi connectivity index (χ2v) is 10.1. The number of halogens is 3. The zero-order valence-corrected chi connectivity index (χ0v) is 23.0. The Morgan fingerprint density at radius 2 is 1.38 bits per heavy atom. The number of nitrogens with zero attached hydrogens (tertiary/aromatic N) is 3. The second kappa shape index (κ2) is 17.0. The minimum absolute atomic E-state index is 0.255. The van der Waals surface area contributed by atoms with Crippen molar-refractivity contribution in [3.63, 3.8) is 0 Å². The Morgan fingerprint density at radius 1 is 0.795 bits per heavy atom. The summed E-state index contributed by atoms with van der Waals surface area (Å²) in [4.78, 5) is 9.34. The van der Waals surface area contributed by atoms with E-state index < -0.39 is 11.7 Å². The molecule has 0 bridgehead atoms. The molecule has 2 aromatic carbocycles. The van der Waals surface area contributed by atoms with Crippen molar-refractivity contribution >= 4 is 5.96 Å². The topological polar surface area (TPSA) is 66.1 Å². The summed E-state index contributed by atoms with van der Waals surface area (Å²) in [6, 6.07) is 15.0. The average molecular weight is 548 g/mol. The van der Waals surface area contributed by atoms with Crippen LogP contribution in [0, 0.1) is 0 Å². The molecule has 0 aromatic heterocycles. The van der Waals surface area contributed by atoms with Gasteiger partial charge in [-0.1, -0.05) is 49.6 Å². The lowest BCUT2D eigenvalue weighted by molar-refractivity contribution is -0.137. The summed E-state index contributed by atoms with van der Waals surface area (Å²) in [6.45, 7) is 8.62. The predicted molar refractivity (Wildman–Crippen MR) is 152 cm³/mol. The maximum atomic E-state index is 12.6. The van der Waals surface area contributed by atoms with Gasteiger partial charge in [0.25, 0.3) is 0 Å². The van der Waals surface area contributed by atoms with E-state index in [-0.39, 0.29) is 6.54 Å². The molecule has 0 spiro atoms. The van der Waals surface area contributed by atoms with Crippen molar-refractivity contribution in [3.8, 4) is 5.75 Å². The maximum Gasteiger partial charge on any atom is 0.416 e. The van der Waals surface area contributed by atoms with Gasteiger partial charge in [0.2, 0.25) is 0 Å². The van der Waals surface area contributed by atoms with Crippen LogP contribution in [0.1, 0.15) is 56.1 Å². The molecular weight excluding hydrogens is 503 g/mol. The summed E-state index contributed by atoms with van der Waals surface area (Å²) in [5.41, 5.74) is 5.93. The largest absolute Gasteiger partial charge is 0.494 e. The number of alkyl halides is 3. The third kappa shape index (κ3) is 12.7. The molecule has 1 aliphatic rings. The molecule has 1 saturated heterocycles. The molecule has 2 aromatic rings. The fourth-order valence-corrected chi connectivity index (χ4v) is 4.62. The predicted octanol–water partition coefficient (Wildman–Crippen LogP) is 5.54. The first-order valence-corrected chi connectivity index (χ1v) is 14.2. The Bertz CT molecular complexity index is 945. The van der Waals surface area contributed by atoms with Gasteiger partial charge in [0.1, 0.15) is 5.75 Å². The SMILES string of the molecule is NC(=NCc1ccc(C(F)(F)F)cc1)NCCCCN1CCN(CCCCCCCOc2ccccc2)CC1. The van der Waals surface area contributed by atoms with Crippen LogP contribution in [-0.4, -0.2) is 68.2 Å². The van der Waals surface area contributed by atoms with Gasteiger partial charge in [-0.05, 0) is 68.6 Å². The molecule has 0 aliphatic carbocycles. The third-order valence-corrected chi connectivity index (χ3v) is 7.02. The number of nitrogens with two attached hydrogens (primary N) is 1. The highest BCUT2D eigenvalue weighted by Gasteiger charge is 2.29. The number of guanidine groups is 1. The van der Waals surface area contributed by atoms with Gasteiger partial charge >= 0.3 is 6.18 Å². The van der Waals surface area contributed by atoms with E-state index in [0.29, 0.717) is 11.5 Å². The first-order chi connectivity index (χ1) is 18.9. The molecule has 0 saturated carbocycles. The third-order valence-electron chi connectivity index (χ3n) is 7.02. The lowest BCUT2D eigenvalue weighted by Gasteiger charge is -2.34. The highest BCUT2D eigenvalue weighted by molar-refractivity contribution is 5.77. The highest BCUT2D eigenvalue weighted by atomic mass is 19.4. The van der Waals surface area contributed by atoms with Crippen LogP contribution in [0.4, 0.5) is 13.2 Å². The molecule has 3 rings (SSSR count). The maximum absolute atomic E-state index is 12.6. The van der Waals surface area contributed by atoms with Crippen molar-refractivity contribution in [1.82, 2.24) is 15.1 Å². The molecule has 1 fully saturated rings. The normalized spacial score (nSPS) is 15.4. The van der Waals surface area contributed by atoms with E-state index in [1.54, 1.807) is 0 Å². The monoisotopic (exact) mass is 547 g/mol. The lowest BCUT2D eigenvalue weighted by Crippen LogP contribution is -2.46. The Kier molecular flexibility index (Phi) is 13.4. The molecule has 0 atom stereocenters. The quantitative estimate of drug-likeness (QED) is 0.164. The van der Waals surface area contributed by atoms with Gasteiger partial charge in [0, 0.05) is 32.7 Å². The van der Waals surface area contributed by atoms with Crippen molar-refractivity contribution in [1.29, 1.82) is 0 Å². The molecule has 1 aliphatic heterocycles. The van der Waals surface area contributed by atoms with Crippen LogP contribution in [0.15, 0.2) is 59.6 Å². The van der Waals surface area contributed by atoms with Crippen LogP contribution < -0.4 is 15.8 Å². The zero-order chi connectivity index (χ0) is 27.8. The molecule has 0 amide bonds. The van der Waals surface area contributed by atoms with Gasteiger partial charge in [-0.15, -0.1) is 0 Å². The number of ether oxygens (including phenoxy) is 1. The number of nitrogens with one attached hydrogen (secondary N) is 1. The van der Waals surface area contributed by atoms with Crippen LogP contribution in [0.3, 0.4) is 0 Å². The summed E-state index contributed by atoms with van der Waals surface area (Å²) in [5.74, 6) is 1.28. The van der Waals surface area contributed by atoms with Crippen molar-refractivity contribution in [2.24, 2.45) is 10.7 Å². The lowest BCUT2D eigenvalue weighted by atomic mass is 10.1. The van der Waals surface area contributed by atoms with Crippen molar-refractivity contribution < 1.29 is 17.9 Å². The number of hydrogen-bond donors (Lipinski definition) is 2. The summed E-state index contributed by atoms with van der Waals surface area (Å²) < 4.78 is 43.7. The van der Waals surface area contributed by atoms with Crippen molar-refractivity contribution in [3.05, 3.63) is 65.7 Å². The number of para-hydroxylation sites is 1. The molecule has 0 radical (unpaired) electrons. The fraction of sp³-hybridized carbons (Fsp3) is 0.567. The number of rotatable bonds is 16. The summed E-state index contributed by atoms with van der Waals surface area (Å²) >= 11 is 0. The summed E-state index contributed by atoms with van der Waals surface area (Å²) in [5, 5.41) is 3.10. The van der Waals surface area contributed by atoms with E-state index in [1.807, 2.05) is 30.3 Å². The van der Waals surface area contributed by atoms with Crippen LogP contribution in [0.25, 0.3) is 0 Å².